The number of fused-ring (bicyclic) bond motifs is 2. The maximum atomic E-state index is 14.3. The van der Waals surface area contributed by atoms with E-state index in [1.54, 1.807) is 31.6 Å². The van der Waals surface area contributed by atoms with Crippen molar-refractivity contribution >= 4 is 39.9 Å². The van der Waals surface area contributed by atoms with E-state index in [0.717, 1.165) is 17.7 Å². The molecule has 2 N–H and O–H groups in total. The number of aromatic nitrogens is 2. The molecule has 166 valence electrons. The van der Waals surface area contributed by atoms with Crippen molar-refractivity contribution in [3.05, 3.63) is 53.3 Å². The second kappa shape index (κ2) is 7.52. The molecule has 1 saturated carbocycles. The smallest absolute Gasteiger partial charge is 0.352 e. The Kier molecular flexibility index (Phi) is 4.74. The molecule has 0 radical (unpaired) electrons. The molecular formula is C24H19F2N5O2. The number of carbonyl (C=O) groups is 2. The number of hydrogen-bond acceptors (Lipinski definition) is 5. The Labute approximate surface area is 188 Å². The van der Waals surface area contributed by atoms with Crippen LogP contribution in [0.4, 0.5) is 26.1 Å². The Morgan fingerprint density at radius 1 is 1.15 bits per heavy atom. The summed E-state index contributed by atoms with van der Waals surface area (Å²) in [5, 5.41) is 7.24. The quantitative estimate of drug-likeness (QED) is 0.601. The lowest BCUT2D eigenvalue weighted by atomic mass is 10.0. The third-order valence-corrected chi connectivity index (χ3v) is 5.82. The minimum absolute atomic E-state index is 0.0379. The first kappa shape index (κ1) is 20.8. The van der Waals surface area contributed by atoms with E-state index in [1.807, 2.05) is 0 Å². The molecule has 0 unspecified atom stereocenters. The summed E-state index contributed by atoms with van der Waals surface area (Å²) in [4.78, 5) is 33.6. The van der Waals surface area contributed by atoms with Crippen molar-refractivity contribution in [1.29, 1.82) is 0 Å². The molecule has 0 bridgehead atoms. The van der Waals surface area contributed by atoms with E-state index in [9.17, 15) is 18.4 Å². The fourth-order valence-electron chi connectivity index (χ4n) is 3.81. The lowest BCUT2D eigenvalue weighted by molar-refractivity contribution is -0.141. The topological polar surface area (TPSA) is 87.2 Å². The first-order valence-corrected chi connectivity index (χ1v) is 10.4. The normalized spacial score (nSPS) is 16.2. The molecule has 0 saturated heterocycles. The SMILES string of the molecule is CNc1ncc(C#Cc2ccc3c(c2)C(F)(F)C(=O)N3C)c2cc(NC(=O)C3CC3)ncc12. The summed E-state index contributed by atoms with van der Waals surface area (Å²) in [6.07, 6.45) is 4.95. The van der Waals surface area contributed by atoms with Crippen molar-refractivity contribution in [3.8, 4) is 11.8 Å². The van der Waals surface area contributed by atoms with Crippen LogP contribution in [0.1, 0.15) is 29.5 Å². The summed E-state index contributed by atoms with van der Waals surface area (Å²) in [5.41, 5.74) is 0.709. The van der Waals surface area contributed by atoms with Crippen LogP contribution in [0.5, 0.6) is 0 Å². The molecule has 5 rings (SSSR count). The van der Waals surface area contributed by atoms with Crippen LogP contribution in [-0.2, 0) is 15.5 Å². The zero-order valence-corrected chi connectivity index (χ0v) is 17.9. The average molecular weight is 447 g/mol. The monoisotopic (exact) mass is 447 g/mol. The van der Waals surface area contributed by atoms with Crippen molar-refractivity contribution in [2.45, 2.75) is 18.8 Å². The molecule has 2 aromatic heterocycles. The van der Waals surface area contributed by atoms with E-state index in [2.05, 4.69) is 32.4 Å². The van der Waals surface area contributed by atoms with Crippen LogP contribution in [0, 0.1) is 17.8 Å². The molecule has 1 aliphatic carbocycles. The fraction of sp³-hybridized carbons (Fsp3) is 0.250. The van der Waals surface area contributed by atoms with Gasteiger partial charge in [-0.1, -0.05) is 11.8 Å². The number of carbonyl (C=O) groups excluding carboxylic acids is 2. The second-order valence-corrected chi connectivity index (χ2v) is 8.07. The molecule has 9 heteroatoms. The van der Waals surface area contributed by atoms with E-state index >= 15 is 0 Å². The van der Waals surface area contributed by atoms with Crippen LogP contribution in [-0.4, -0.2) is 35.9 Å². The second-order valence-electron chi connectivity index (χ2n) is 8.07. The minimum atomic E-state index is -3.58. The first-order chi connectivity index (χ1) is 15.8. The van der Waals surface area contributed by atoms with E-state index in [-0.39, 0.29) is 23.1 Å². The zero-order valence-electron chi connectivity index (χ0n) is 17.9. The number of anilines is 3. The van der Waals surface area contributed by atoms with Crippen LogP contribution in [0.2, 0.25) is 0 Å². The van der Waals surface area contributed by atoms with Gasteiger partial charge in [0, 0.05) is 48.7 Å². The molecule has 1 aromatic carbocycles. The maximum absolute atomic E-state index is 14.3. The highest BCUT2D eigenvalue weighted by atomic mass is 19.3. The Balaban J connectivity index is 1.54. The number of nitrogens with zero attached hydrogens (tertiary/aromatic N) is 3. The molecular weight excluding hydrogens is 428 g/mol. The molecule has 2 aliphatic rings. The third kappa shape index (κ3) is 3.53. The van der Waals surface area contributed by atoms with Gasteiger partial charge in [-0.15, -0.1) is 0 Å². The Bertz CT molecular complexity index is 1390. The lowest BCUT2D eigenvalue weighted by Gasteiger charge is -2.09. The zero-order chi connectivity index (χ0) is 23.3. The third-order valence-electron chi connectivity index (χ3n) is 5.82. The average Bonchev–Trinajstić information content (AvgIpc) is 3.64. The van der Waals surface area contributed by atoms with Gasteiger partial charge in [-0.25, -0.2) is 9.97 Å². The number of nitrogens with one attached hydrogen (secondary N) is 2. The van der Waals surface area contributed by atoms with E-state index in [0.29, 0.717) is 33.5 Å². The van der Waals surface area contributed by atoms with Gasteiger partial charge >= 0.3 is 11.8 Å². The Hall–Kier alpha value is -4.06. The summed E-state index contributed by atoms with van der Waals surface area (Å²) in [6, 6.07) is 6.03. The van der Waals surface area contributed by atoms with Gasteiger partial charge in [-0.05, 0) is 37.1 Å². The number of rotatable bonds is 3. The van der Waals surface area contributed by atoms with E-state index < -0.39 is 11.8 Å². The van der Waals surface area contributed by atoms with Gasteiger partial charge in [0.1, 0.15) is 11.6 Å². The summed E-state index contributed by atoms with van der Waals surface area (Å²) in [7, 11) is 3.06. The Morgan fingerprint density at radius 3 is 2.67 bits per heavy atom. The molecule has 3 heterocycles. The van der Waals surface area contributed by atoms with Crippen molar-refractivity contribution in [1.82, 2.24) is 9.97 Å². The highest BCUT2D eigenvalue weighted by molar-refractivity contribution is 6.05. The predicted molar refractivity (Wildman–Crippen MR) is 120 cm³/mol. The van der Waals surface area contributed by atoms with Crippen molar-refractivity contribution in [3.63, 3.8) is 0 Å². The van der Waals surface area contributed by atoms with Gasteiger partial charge < -0.3 is 15.5 Å². The molecule has 3 aromatic rings. The lowest BCUT2D eigenvalue weighted by Crippen LogP contribution is -2.31. The number of pyridine rings is 2. The highest BCUT2D eigenvalue weighted by Gasteiger charge is 2.51. The maximum Gasteiger partial charge on any atom is 0.352 e. The number of alkyl halides is 2. The van der Waals surface area contributed by atoms with Gasteiger partial charge in [0.15, 0.2) is 0 Å². The van der Waals surface area contributed by atoms with E-state index in [1.165, 1.54) is 19.2 Å². The summed E-state index contributed by atoms with van der Waals surface area (Å²) < 4.78 is 28.7. The number of benzene rings is 1. The van der Waals surface area contributed by atoms with Crippen LogP contribution < -0.4 is 15.5 Å². The van der Waals surface area contributed by atoms with Crippen LogP contribution >= 0.6 is 0 Å². The van der Waals surface area contributed by atoms with Crippen LogP contribution in [0.25, 0.3) is 10.8 Å². The minimum Gasteiger partial charge on any atom is -0.373 e. The van der Waals surface area contributed by atoms with Crippen molar-refractivity contribution in [2.75, 3.05) is 29.6 Å². The number of likely N-dealkylation sites (N-methyl/N-ethyl adjacent to an activating group) is 1. The summed E-state index contributed by atoms with van der Waals surface area (Å²) >= 11 is 0. The van der Waals surface area contributed by atoms with Crippen molar-refractivity contribution in [2.24, 2.45) is 5.92 Å². The van der Waals surface area contributed by atoms with Gasteiger partial charge in [0.05, 0.1) is 16.8 Å². The van der Waals surface area contributed by atoms with Crippen LogP contribution in [0.15, 0.2) is 36.7 Å². The predicted octanol–water partition coefficient (Wildman–Crippen LogP) is 3.49. The molecule has 7 nitrogen and oxygen atoms in total. The number of halogens is 2. The summed E-state index contributed by atoms with van der Waals surface area (Å²) in [6.45, 7) is 0. The number of amides is 2. The highest BCUT2D eigenvalue weighted by Crippen LogP contribution is 2.43. The standard InChI is InChI=1S/C24H19F2N5O2/c1-27-21-17-12-28-20(30-22(32)14-6-7-14)10-16(17)15(11-29-21)5-3-13-4-8-19-18(9-13)24(25,26)23(33)31(19)2/h4,8-12,14H,6-7H2,1-2H3,(H,27,29)(H,28,30,32). The van der Waals surface area contributed by atoms with Gasteiger partial charge in [-0.2, -0.15) is 8.78 Å². The Morgan fingerprint density at radius 2 is 1.94 bits per heavy atom. The fourth-order valence-corrected chi connectivity index (χ4v) is 3.81. The summed E-state index contributed by atoms with van der Waals surface area (Å²) in [5.74, 6) is 2.04. The number of hydrogen-bond donors (Lipinski definition) is 2. The van der Waals surface area contributed by atoms with Gasteiger partial charge in [0.2, 0.25) is 5.91 Å². The first-order valence-electron chi connectivity index (χ1n) is 10.4. The molecule has 1 fully saturated rings. The molecule has 33 heavy (non-hydrogen) atoms. The van der Waals surface area contributed by atoms with Gasteiger partial charge in [-0.3, -0.25) is 9.59 Å². The molecule has 0 atom stereocenters. The molecule has 1 aliphatic heterocycles. The largest absolute Gasteiger partial charge is 0.373 e. The molecule has 0 spiro atoms. The molecule has 2 amide bonds. The van der Waals surface area contributed by atoms with Crippen molar-refractivity contribution < 1.29 is 18.4 Å². The van der Waals surface area contributed by atoms with Crippen LogP contribution in [0.3, 0.4) is 0 Å². The van der Waals surface area contributed by atoms with E-state index in [4.69, 9.17) is 0 Å². The van der Waals surface area contributed by atoms with Gasteiger partial charge in [0.25, 0.3) is 0 Å².